The fourth-order valence-electron chi connectivity index (χ4n) is 1.03. The first-order chi connectivity index (χ1) is 5.04. The number of hydrogen-bond donors (Lipinski definition) is 4. The fraction of sp³-hybridized carbons (Fsp3) is 1.00. The topological polar surface area (TPSA) is 90.2 Å². The Bertz CT molecular complexity index is 125. The molecule has 0 aromatic rings. The highest BCUT2D eigenvalue weighted by molar-refractivity contribution is 4.86. The van der Waals surface area contributed by atoms with Gasteiger partial charge in [0.05, 0.1) is 6.10 Å². The molecule has 1 aliphatic rings. The van der Waals surface area contributed by atoms with Crippen molar-refractivity contribution in [3.8, 4) is 0 Å². The molecular formula is C6H12O5. The average Bonchev–Trinajstić information content (AvgIpc) is 1.97. The molecule has 5 atom stereocenters. The quantitative estimate of drug-likeness (QED) is 0.326. The van der Waals surface area contributed by atoms with Gasteiger partial charge in [0.2, 0.25) is 0 Å². The molecule has 0 spiro atoms. The third-order valence-electron chi connectivity index (χ3n) is 1.83. The van der Waals surface area contributed by atoms with Gasteiger partial charge in [0.15, 0.2) is 6.29 Å². The zero-order chi connectivity index (χ0) is 8.59. The van der Waals surface area contributed by atoms with Crippen LogP contribution in [0.2, 0.25) is 0 Å². The minimum atomic E-state index is -1.43. The summed E-state index contributed by atoms with van der Waals surface area (Å²) in [5.41, 5.74) is 0. The van der Waals surface area contributed by atoms with Gasteiger partial charge in [-0.05, 0) is 6.92 Å². The number of aliphatic hydroxyl groups excluding tert-OH is 4. The number of aliphatic hydroxyl groups is 4. The third-order valence-corrected chi connectivity index (χ3v) is 1.83. The van der Waals surface area contributed by atoms with E-state index in [0.29, 0.717) is 0 Å². The zero-order valence-electron chi connectivity index (χ0n) is 6.08. The predicted octanol–water partition coefficient (Wildman–Crippen LogP) is -2.19. The second-order valence-corrected chi connectivity index (χ2v) is 2.70. The van der Waals surface area contributed by atoms with Gasteiger partial charge in [0, 0.05) is 0 Å². The SMILES string of the molecule is C[C@H]1OC(O)C(O)C(O)C1O. The van der Waals surface area contributed by atoms with Crippen molar-refractivity contribution in [2.45, 2.75) is 37.6 Å². The summed E-state index contributed by atoms with van der Waals surface area (Å²) < 4.78 is 4.68. The molecule has 1 heterocycles. The minimum Gasteiger partial charge on any atom is -0.388 e. The van der Waals surface area contributed by atoms with E-state index in [4.69, 9.17) is 20.4 Å². The summed E-state index contributed by atoms with van der Waals surface area (Å²) in [6.45, 7) is 1.50. The summed E-state index contributed by atoms with van der Waals surface area (Å²) in [5, 5.41) is 36.0. The molecule has 1 saturated heterocycles. The largest absolute Gasteiger partial charge is 0.388 e. The van der Waals surface area contributed by atoms with E-state index in [1.165, 1.54) is 6.92 Å². The van der Waals surface area contributed by atoms with Crippen LogP contribution in [0.15, 0.2) is 0 Å². The van der Waals surface area contributed by atoms with E-state index < -0.39 is 30.7 Å². The maximum absolute atomic E-state index is 9.09. The van der Waals surface area contributed by atoms with Crippen LogP contribution in [0.1, 0.15) is 6.92 Å². The summed E-state index contributed by atoms with van der Waals surface area (Å²) in [6, 6.07) is 0. The Morgan fingerprint density at radius 3 is 2.00 bits per heavy atom. The maximum atomic E-state index is 9.09. The lowest BCUT2D eigenvalue weighted by Gasteiger charge is -2.36. The van der Waals surface area contributed by atoms with Crippen molar-refractivity contribution in [2.75, 3.05) is 0 Å². The van der Waals surface area contributed by atoms with Crippen LogP contribution >= 0.6 is 0 Å². The first-order valence-corrected chi connectivity index (χ1v) is 3.41. The van der Waals surface area contributed by atoms with Gasteiger partial charge in [-0.2, -0.15) is 0 Å². The van der Waals surface area contributed by atoms with Crippen molar-refractivity contribution in [1.82, 2.24) is 0 Å². The van der Waals surface area contributed by atoms with Crippen LogP contribution in [0.25, 0.3) is 0 Å². The molecule has 0 aromatic heterocycles. The van der Waals surface area contributed by atoms with Crippen molar-refractivity contribution >= 4 is 0 Å². The Labute approximate surface area is 63.8 Å². The molecule has 1 rings (SSSR count). The maximum Gasteiger partial charge on any atom is 0.183 e. The molecule has 5 nitrogen and oxygen atoms in total. The first kappa shape index (κ1) is 8.89. The Balaban J connectivity index is 2.63. The van der Waals surface area contributed by atoms with Gasteiger partial charge >= 0.3 is 0 Å². The van der Waals surface area contributed by atoms with Gasteiger partial charge in [0.25, 0.3) is 0 Å². The number of ether oxygens (including phenoxy) is 1. The van der Waals surface area contributed by atoms with Gasteiger partial charge in [-0.25, -0.2) is 0 Å². The third kappa shape index (κ3) is 1.52. The molecule has 0 aromatic carbocycles. The molecule has 5 heteroatoms. The lowest BCUT2D eigenvalue weighted by molar-refractivity contribution is -0.277. The molecule has 66 valence electrons. The Kier molecular flexibility index (Phi) is 2.46. The standard InChI is InChI=1S/C6H12O5/c1-2-3(7)4(8)5(9)6(10)11-2/h2-10H,1H3/t2-,3?,4?,5?,6?/m1/s1. The van der Waals surface area contributed by atoms with Gasteiger partial charge < -0.3 is 25.2 Å². The molecule has 4 unspecified atom stereocenters. The lowest BCUT2D eigenvalue weighted by atomic mass is 10.0. The average molecular weight is 164 g/mol. The second kappa shape index (κ2) is 3.04. The fourth-order valence-corrected chi connectivity index (χ4v) is 1.03. The molecule has 0 saturated carbocycles. The Morgan fingerprint density at radius 1 is 0.909 bits per heavy atom. The summed E-state index contributed by atoms with van der Waals surface area (Å²) in [6.07, 6.45) is -5.99. The highest BCUT2D eigenvalue weighted by atomic mass is 16.6. The van der Waals surface area contributed by atoms with E-state index in [0.717, 1.165) is 0 Å². The van der Waals surface area contributed by atoms with Gasteiger partial charge in [-0.3, -0.25) is 0 Å². The second-order valence-electron chi connectivity index (χ2n) is 2.70. The normalized spacial score (nSPS) is 52.6. The molecule has 1 fully saturated rings. The molecule has 1 aliphatic heterocycles. The highest BCUT2D eigenvalue weighted by Gasteiger charge is 2.40. The van der Waals surface area contributed by atoms with Crippen molar-refractivity contribution in [2.24, 2.45) is 0 Å². The van der Waals surface area contributed by atoms with E-state index in [-0.39, 0.29) is 0 Å². The molecule has 11 heavy (non-hydrogen) atoms. The van der Waals surface area contributed by atoms with Crippen molar-refractivity contribution in [3.63, 3.8) is 0 Å². The Hall–Kier alpha value is -0.200. The van der Waals surface area contributed by atoms with Crippen LogP contribution < -0.4 is 0 Å². The summed E-state index contributed by atoms with van der Waals surface area (Å²) in [4.78, 5) is 0. The smallest absolute Gasteiger partial charge is 0.183 e. The van der Waals surface area contributed by atoms with Crippen LogP contribution in [0.3, 0.4) is 0 Å². The van der Waals surface area contributed by atoms with E-state index in [1.807, 2.05) is 0 Å². The number of hydrogen-bond acceptors (Lipinski definition) is 5. The van der Waals surface area contributed by atoms with E-state index in [9.17, 15) is 0 Å². The van der Waals surface area contributed by atoms with Gasteiger partial charge in [0.1, 0.15) is 18.3 Å². The molecule has 4 N–H and O–H groups in total. The molecule has 0 bridgehead atoms. The number of rotatable bonds is 0. The van der Waals surface area contributed by atoms with Crippen LogP contribution in [-0.4, -0.2) is 51.1 Å². The van der Waals surface area contributed by atoms with Crippen LogP contribution in [-0.2, 0) is 4.74 Å². The van der Waals surface area contributed by atoms with Crippen LogP contribution in [0.5, 0.6) is 0 Å². The predicted molar refractivity (Wildman–Crippen MR) is 34.6 cm³/mol. The van der Waals surface area contributed by atoms with Gasteiger partial charge in [-0.1, -0.05) is 0 Å². The minimum absolute atomic E-state index is 0.664. The first-order valence-electron chi connectivity index (χ1n) is 3.41. The monoisotopic (exact) mass is 164 g/mol. The highest BCUT2D eigenvalue weighted by Crippen LogP contribution is 2.18. The molecule has 0 aliphatic carbocycles. The molecule has 0 amide bonds. The van der Waals surface area contributed by atoms with E-state index >= 15 is 0 Å². The van der Waals surface area contributed by atoms with E-state index in [1.54, 1.807) is 0 Å². The van der Waals surface area contributed by atoms with Gasteiger partial charge in [-0.15, -0.1) is 0 Å². The van der Waals surface area contributed by atoms with Crippen molar-refractivity contribution in [3.05, 3.63) is 0 Å². The van der Waals surface area contributed by atoms with E-state index in [2.05, 4.69) is 4.74 Å². The molecular weight excluding hydrogens is 152 g/mol. The Morgan fingerprint density at radius 2 is 1.45 bits per heavy atom. The summed E-state index contributed by atoms with van der Waals surface area (Å²) in [5.74, 6) is 0. The summed E-state index contributed by atoms with van der Waals surface area (Å²) >= 11 is 0. The molecule has 0 radical (unpaired) electrons. The van der Waals surface area contributed by atoms with Crippen molar-refractivity contribution < 1.29 is 25.2 Å². The van der Waals surface area contributed by atoms with Crippen molar-refractivity contribution in [1.29, 1.82) is 0 Å². The van der Waals surface area contributed by atoms with Crippen LogP contribution in [0.4, 0.5) is 0 Å². The zero-order valence-corrected chi connectivity index (χ0v) is 6.08. The van der Waals surface area contributed by atoms with Crippen LogP contribution in [0, 0.1) is 0 Å². The summed E-state index contributed by atoms with van der Waals surface area (Å²) in [7, 11) is 0. The lowest BCUT2D eigenvalue weighted by Crippen LogP contribution is -2.56.